The van der Waals surface area contributed by atoms with Crippen molar-refractivity contribution in [1.29, 1.82) is 0 Å². The zero-order chi connectivity index (χ0) is 12.4. The van der Waals surface area contributed by atoms with Gasteiger partial charge in [0, 0.05) is 5.56 Å². The molecular weight excluding hydrogens is 233 g/mol. The Balaban J connectivity index is 1.83. The highest BCUT2D eigenvalue weighted by Gasteiger charge is 2.20. The third-order valence-corrected chi connectivity index (χ3v) is 3.66. The van der Waals surface area contributed by atoms with Crippen LogP contribution in [0.3, 0.4) is 0 Å². The van der Waals surface area contributed by atoms with E-state index in [4.69, 9.17) is 9.47 Å². The zero-order valence-corrected chi connectivity index (χ0v) is 10.4. The highest BCUT2D eigenvalue weighted by atomic mass is 19.1. The minimum absolute atomic E-state index is 0.193. The first-order chi connectivity index (χ1) is 8.83. The second kappa shape index (κ2) is 5.24. The van der Waals surface area contributed by atoms with Gasteiger partial charge in [-0.25, -0.2) is 4.39 Å². The lowest BCUT2D eigenvalue weighted by molar-refractivity contribution is -0.0174. The Morgan fingerprint density at radius 1 is 1.39 bits per heavy atom. The van der Waals surface area contributed by atoms with Gasteiger partial charge in [0.15, 0.2) is 6.79 Å². The van der Waals surface area contributed by atoms with Crippen molar-refractivity contribution < 1.29 is 13.9 Å². The van der Waals surface area contributed by atoms with Crippen molar-refractivity contribution in [2.24, 2.45) is 5.92 Å². The number of fused-ring (bicyclic) bond motifs is 1. The third-order valence-electron chi connectivity index (χ3n) is 3.66. The lowest BCUT2D eigenvalue weighted by Crippen LogP contribution is -2.31. The Kier molecular flexibility index (Phi) is 3.48. The van der Waals surface area contributed by atoms with E-state index in [1.54, 1.807) is 6.07 Å². The van der Waals surface area contributed by atoms with Crippen molar-refractivity contribution in [3.8, 4) is 5.75 Å². The molecule has 0 saturated carbocycles. The molecule has 1 atom stereocenters. The molecule has 18 heavy (non-hydrogen) atoms. The second-order valence-electron chi connectivity index (χ2n) is 5.08. The van der Waals surface area contributed by atoms with Crippen LogP contribution < -0.4 is 10.1 Å². The van der Waals surface area contributed by atoms with Crippen molar-refractivity contribution >= 4 is 0 Å². The summed E-state index contributed by atoms with van der Waals surface area (Å²) >= 11 is 0. The van der Waals surface area contributed by atoms with Crippen LogP contribution in [0.1, 0.15) is 24.0 Å². The fourth-order valence-electron chi connectivity index (χ4n) is 2.82. The fourth-order valence-corrected chi connectivity index (χ4v) is 2.82. The van der Waals surface area contributed by atoms with Gasteiger partial charge in [-0.05, 0) is 56.0 Å². The fraction of sp³-hybridized carbons (Fsp3) is 0.571. The number of nitrogens with one attached hydrogen (secondary N) is 1. The molecule has 1 aromatic rings. The number of piperidine rings is 1. The Bertz CT molecular complexity index is 430. The molecule has 1 aromatic carbocycles. The van der Waals surface area contributed by atoms with Gasteiger partial charge in [0.25, 0.3) is 0 Å². The molecule has 98 valence electrons. The van der Waals surface area contributed by atoms with Crippen LogP contribution in [0.2, 0.25) is 0 Å². The second-order valence-corrected chi connectivity index (χ2v) is 5.08. The lowest BCUT2D eigenvalue weighted by Gasteiger charge is -2.26. The molecule has 1 N–H and O–H groups in total. The maximum atomic E-state index is 13.6. The van der Waals surface area contributed by atoms with Gasteiger partial charge in [0.05, 0.1) is 6.61 Å². The van der Waals surface area contributed by atoms with Gasteiger partial charge >= 0.3 is 0 Å². The molecule has 0 aliphatic carbocycles. The summed E-state index contributed by atoms with van der Waals surface area (Å²) in [7, 11) is 0. The molecule has 1 fully saturated rings. The van der Waals surface area contributed by atoms with Crippen LogP contribution in [-0.2, 0) is 17.8 Å². The Morgan fingerprint density at radius 3 is 3.17 bits per heavy atom. The quantitative estimate of drug-likeness (QED) is 0.874. The number of ether oxygens (including phenoxy) is 2. The van der Waals surface area contributed by atoms with E-state index in [-0.39, 0.29) is 12.6 Å². The summed E-state index contributed by atoms with van der Waals surface area (Å²) in [4.78, 5) is 0. The van der Waals surface area contributed by atoms with Crippen molar-refractivity contribution in [1.82, 2.24) is 5.32 Å². The highest BCUT2D eigenvalue weighted by molar-refractivity contribution is 5.42. The molecular formula is C14H18FNO2. The predicted octanol–water partition coefficient (Wildman–Crippen LogP) is 2.23. The SMILES string of the molecule is Fc1cc2c(c(CC3CCCNC3)c1)OCOC2. The normalized spacial score (nSPS) is 23.3. The van der Waals surface area contributed by atoms with E-state index in [0.717, 1.165) is 36.4 Å². The zero-order valence-electron chi connectivity index (χ0n) is 10.4. The van der Waals surface area contributed by atoms with Crippen LogP contribution in [0.25, 0.3) is 0 Å². The van der Waals surface area contributed by atoms with Crippen molar-refractivity contribution in [2.75, 3.05) is 19.9 Å². The Hall–Kier alpha value is -1.13. The molecule has 1 unspecified atom stereocenters. The largest absolute Gasteiger partial charge is 0.467 e. The first-order valence-electron chi connectivity index (χ1n) is 6.55. The van der Waals surface area contributed by atoms with Crippen LogP contribution in [0.15, 0.2) is 12.1 Å². The van der Waals surface area contributed by atoms with Crippen molar-refractivity contribution in [3.63, 3.8) is 0 Å². The van der Waals surface area contributed by atoms with Gasteiger partial charge in [0.2, 0.25) is 0 Å². The summed E-state index contributed by atoms with van der Waals surface area (Å²) in [5, 5.41) is 3.39. The predicted molar refractivity (Wildman–Crippen MR) is 66.0 cm³/mol. The number of hydrogen-bond acceptors (Lipinski definition) is 3. The van der Waals surface area contributed by atoms with Crippen LogP contribution in [0, 0.1) is 11.7 Å². The highest BCUT2D eigenvalue weighted by Crippen LogP contribution is 2.32. The minimum Gasteiger partial charge on any atom is -0.467 e. The summed E-state index contributed by atoms with van der Waals surface area (Å²) < 4.78 is 24.3. The maximum absolute atomic E-state index is 13.6. The Morgan fingerprint density at radius 2 is 2.33 bits per heavy atom. The van der Waals surface area contributed by atoms with Crippen LogP contribution in [0.4, 0.5) is 4.39 Å². The van der Waals surface area contributed by atoms with E-state index < -0.39 is 0 Å². The van der Waals surface area contributed by atoms with E-state index in [1.807, 2.05) is 0 Å². The van der Waals surface area contributed by atoms with Gasteiger partial charge < -0.3 is 14.8 Å². The average molecular weight is 251 g/mol. The number of hydrogen-bond donors (Lipinski definition) is 1. The number of halogens is 1. The summed E-state index contributed by atoms with van der Waals surface area (Å²) in [6.07, 6.45) is 3.29. The lowest BCUT2D eigenvalue weighted by atomic mass is 9.91. The van der Waals surface area contributed by atoms with Gasteiger partial charge in [-0.2, -0.15) is 0 Å². The van der Waals surface area contributed by atoms with Gasteiger partial charge in [0.1, 0.15) is 11.6 Å². The smallest absolute Gasteiger partial charge is 0.189 e. The number of rotatable bonds is 2. The van der Waals surface area contributed by atoms with E-state index in [9.17, 15) is 4.39 Å². The molecule has 0 spiro atoms. The summed E-state index contributed by atoms with van der Waals surface area (Å²) in [6, 6.07) is 3.12. The molecule has 0 aromatic heterocycles. The molecule has 3 rings (SSSR count). The van der Waals surface area contributed by atoms with E-state index in [1.165, 1.54) is 18.9 Å². The summed E-state index contributed by atoms with van der Waals surface area (Å²) in [5.41, 5.74) is 1.82. The van der Waals surface area contributed by atoms with E-state index in [2.05, 4.69) is 5.32 Å². The number of benzene rings is 1. The van der Waals surface area contributed by atoms with Gasteiger partial charge in [-0.15, -0.1) is 0 Å². The summed E-state index contributed by atoms with van der Waals surface area (Å²) in [5.74, 6) is 1.23. The molecule has 0 bridgehead atoms. The van der Waals surface area contributed by atoms with Gasteiger partial charge in [-0.1, -0.05) is 0 Å². The van der Waals surface area contributed by atoms with Gasteiger partial charge in [-0.3, -0.25) is 0 Å². The van der Waals surface area contributed by atoms with E-state index >= 15 is 0 Å². The third kappa shape index (κ3) is 2.49. The maximum Gasteiger partial charge on any atom is 0.189 e. The molecule has 3 nitrogen and oxygen atoms in total. The topological polar surface area (TPSA) is 30.5 Å². The average Bonchev–Trinajstić information content (AvgIpc) is 2.40. The van der Waals surface area contributed by atoms with E-state index in [0.29, 0.717) is 12.5 Å². The van der Waals surface area contributed by atoms with Crippen molar-refractivity contribution in [2.45, 2.75) is 25.9 Å². The van der Waals surface area contributed by atoms with Crippen molar-refractivity contribution in [3.05, 3.63) is 29.1 Å². The van der Waals surface area contributed by atoms with Crippen LogP contribution in [-0.4, -0.2) is 19.9 Å². The molecule has 2 heterocycles. The first kappa shape index (κ1) is 11.9. The minimum atomic E-state index is -0.193. The standard InChI is InChI=1S/C14H18FNO2/c15-13-5-11(4-10-2-1-3-16-7-10)14-12(6-13)8-17-9-18-14/h5-6,10,16H,1-4,7-9H2. The molecule has 1 saturated heterocycles. The Labute approximate surface area is 106 Å². The first-order valence-corrected chi connectivity index (χ1v) is 6.55. The molecule has 0 radical (unpaired) electrons. The van der Waals surface area contributed by atoms with Crippen LogP contribution >= 0.6 is 0 Å². The van der Waals surface area contributed by atoms with Crippen LogP contribution in [0.5, 0.6) is 5.75 Å². The molecule has 2 aliphatic rings. The summed E-state index contributed by atoms with van der Waals surface area (Å²) in [6.45, 7) is 2.83. The molecule has 0 amide bonds. The molecule has 2 aliphatic heterocycles. The monoisotopic (exact) mass is 251 g/mol. The molecule has 4 heteroatoms.